The highest BCUT2D eigenvalue weighted by molar-refractivity contribution is 5.96. The average molecular weight is 753 g/mol. The fourth-order valence-electron chi connectivity index (χ4n) is 4.35. The molecule has 0 aliphatic heterocycles. The minimum atomic E-state index is -3.19. The fourth-order valence-corrected chi connectivity index (χ4v) is 4.35. The molecule has 3 aromatic carbocycles. The highest BCUT2D eigenvalue weighted by Crippen LogP contribution is 2.28. The maximum Gasteiger partial charge on any atom is 0.387 e. The first-order chi connectivity index (χ1) is 25.8. The second-order valence-electron chi connectivity index (χ2n) is 10.5. The molecular formula is C36H26F6N6O6. The Morgan fingerprint density at radius 1 is 0.852 bits per heavy atom. The van der Waals surface area contributed by atoms with E-state index in [0.717, 1.165) is 54.9 Å². The maximum atomic E-state index is 14.7. The van der Waals surface area contributed by atoms with Crippen LogP contribution in [-0.4, -0.2) is 61.9 Å². The van der Waals surface area contributed by atoms with Crippen molar-refractivity contribution in [1.82, 2.24) is 25.3 Å². The third-order valence-corrected chi connectivity index (χ3v) is 6.80. The van der Waals surface area contributed by atoms with Gasteiger partial charge in [0.1, 0.15) is 29.5 Å². The number of halogens is 6. The van der Waals surface area contributed by atoms with Gasteiger partial charge in [0.15, 0.2) is 0 Å². The molecule has 54 heavy (non-hydrogen) atoms. The van der Waals surface area contributed by atoms with Gasteiger partial charge in [-0.1, -0.05) is 24.0 Å². The molecule has 1 unspecified atom stereocenters. The molecule has 278 valence electrons. The highest BCUT2D eigenvalue weighted by atomic mass is 19.3. The molecule has 2 heterocycles. The van der Waals surface area contributed by atoms with Gasteiger partial charge >= 0.3 is 19.2 Å². The summed E-state index contributed by atoms with van der Waals surface area (Å²) < 4.78 is 87.1. The number of hydrogen-bond donors (Lipinski definition) is 4. The first-order valence-corrected chi connectivity index (χ1v) is 15.1. The number of aliphatic hydroxyl groups is 1. The van der Waals surface area contributed by atoms with Crippen molar-refractivity contribution in [1.29, 1.82) is 0 Å². The Hall–Kier alpha value is -7.00. The molecule has 2 aromatic heterocycles. The Labute approximate surface area is 302 Å². The first kappa shape index (κ1) is 39.8. The highest BCUT2D eigenvalue weighted by Gasteiger charge is 2.19. The summed E-state index contributed by atoms with van der Waals surface area (Å²) in [6, 6.07) is 11.2. The lowest BCUT2D eigenvalue weighted by Crippen LogP contribution is -2.30. The van der Waals surface area contributed by atoms with E-state index < -0.39 is 49.4 Å². The molecule has 5 rings (SSSR count). The van der Waals surface area contributed by atoms with Crippen LogP contribution in [0.5, 0.6) is 11.5 Å². The molecule has 0 saturated carbocycles. The van der Waals surface area contributed by atoms with Crippen LogP contribution in [0, 0.1) is 17.7 Å². The number of nitrogens with zero attached hydrogens (tertiary/aromatic N) is 4. The number of anilines is 1. The third-order valence-electron chi connectivity index (χ3n) is 6.80. The standard InChI is InChI=1S/C22H18F4N4O3.C14H8F2N2O3/c23-16-3-1-2-12(7-16)18(11-31)30-20(32)13-4-5-19(33-21(25)26)14(6-13)8-17(24)15-9-28-22(27)29-10-15;15-14(16)21-12-4-3-11(13(19)20)5-10(12)2-1-9-6-17-8-18-7-9/h1-10,18,21,31H,11H2,(H,30,32)(H2,27,28,29);3-8,14H,(H,19,20)/b17-8-;. The molecule has 5 N–H and O–H groups in total. The summed E-state index contributed by atoms with van der Waals surface area (Å²) in [5, 5.41) is 21.0. The number of aromatic nitrogens is 4. The maximum absolute atomic E-state index is 14.7. The van der Waals surface area contributed by atoms with Crippen molar-refractivity contribution in [2.24, 2.45) is 0 Å². The van der Waals surface area contributed by atoms with Crippen molar-refractivity contribution >= 4 is 29.7 Å². The van der Waals surface area contributed by atoms with E-state index in [4.69, 9.17) is 10.8 Å². The first-order valence-electron chi connectivity index (χ1n) is 15.1. The lowest BCUT2D eigenvalue weighted by Gasteiger charge is -2.17. The summed E-state index contributed by atoms with van der Waals surface area (Å²) in [6.45, 7) is -6.74. The van der Waals surface area contributed by atoms with Crippen LogP contribution in [0.3, 0.4) is 0 Å². The molecule has 0 aliphatic carbocycles. The van der Waals surface area contributed by atoms with Gasteiger partial charge in [-0.05, 0) is 60.2 Å². The van der Waals surface area contributed by atoms with E-state index in [1.54, 1.807) is 0 Å². The zero-order valence-corrected chi connectivity index (χ0v) is 27.3. The summed E-state index contributed by atoms with van der Waals surface area (Å²) in [7, 11) is 0. The second-order valence-corrected chi connectivity index (χ2v) is 10.5. The SMILES string of the molecule is Nc1ncc(/C(F)=C/c2cc(C(=O)NC(CO)c3cccc(F)c3)ccc2OC(F)F)cn1.O=C(O)c1ccc(OC(F)F)c(C#Cc2cncnc2)c1. The third kappa shape index (κ3) is 11.8. The summed E-state index contributed by atoms with van der Waals surface area (Å²) in [5.74, 6) is 1.23. The minimum Gasteiger partial charge on any atom is -0.478 e. The van der Waals surface area contributed by atoms with Crippen LogP contribution >= 0.6 is 0 Å². The predicted molar refractivity (Wildman–Crippen MR) is 180 cm³/mol. The number of aromatic carboxylic acids is 1. The normalized spacial score (nSPS) is 11.5. The minimum absolute atomic E-state index is 0.0408. The van der Waals surface area contributed by atoms with Gasteiger partial charge in [-0.15, -0.1) is 0 Å². The number of alkyl halides is 4. The van der Waals surface area contributed by atoms with Gasteiger partial charge in [-0.3, -0.25) is 4.79 Å². The zero-order chi connectivity index (χ0) is 39.2. The summed E-state index contributed by atoms with van der Waals surface area (Å²) in [6.07, 6.45) is 7.27. The van der Waals surface area contributed by atoms with Crippen molar-refractivity contribution in [2.45, 2.75) is 19.3 Å². The van der Waals surface area contributed by atoms with Gasteiger partial charge in [0, 0.05) is 41.5 Å². The van der Waals surface area contributed by atoms with Crippen LogP contribution in [0.2, 0.25) is 0 Å². The number of carboxylic acids is 1. The average Bonchev–Trinajstić information content (AvgIpc) is 3.14. The number of carbonyl (C=O) groups is 2. The molecule has 12 nitrogen and oxygen atoms in total. The smallest absolute Gasteiger partial charge is 0.387 e. The fraction of sp³-hybridized carbons (Fsp3) is 0.111. The largest absolute Gasteiger partial charge is 0.478 e. The molecule has 0 fully saturated rings. The number of carbonyl (C=O) groups excluding carboxylic acids is 1. The number of aliphatic hydroxyl groups excluding tert-OH is 1. The van der Waals surface area contributed by atoms with Crippen LogP contribution in [-0.2, 0) is 0 Å². The Kier molecular flexibility index (Phi) is 14.0. The number of nitrogens with two attached hydrogens (primary N) is 1. The van der Waals surface area contributed by atoms with Crippen molar-refractivity contribution < 1.29 is 55.6 Å². The van der Waals surface area contributed by atoms with E-state index in [1.807, 2.05) is 0 Å². The number of ether oxygens (including phenoxy) is 2. The number of nitrogens with one attached hydrogen (secondary N) is 1. The zero-order valence-electron chi connectivity index (χ0n) is 27.3. The van der Waals surface area contributed by atoms with Crippen molar-refractivity contribution in [3.63, 3.8) is 0 Å². The van der Waals surface area contributed by atoms with E-state index in [0.29, 0.717) is 11.1 Å². The molecular weight excluding hydrogens is 726 g/mol. The molecule has 18 heteroatoms. The number of amides is 1. The molecule has 0 saturated heterocycles. The lowest BCUT2D eigenvalue weighted by molar-refractivity contribution is -0.0506. The molecule has 0 aliphatic rings. The molecule has 0 spiro atoms. The Bertz CT molecular complexity index is 2170. The number of nitrogen functional groups attached to an aromatic ring is 1. The number of carboxylic acid groups (broad SMARTS) is 1. The number of benzene rings is 3. The van der Waals surface area contributed by atoms with Crippen molar-refractivity contribution in [3.8, 4) is 23.3 Å². The van der Waals surface area contributed by atoms with Crippen LogP contribution in [0.15, 0.2) is 91.8 Å². The van der Waals surface area contributed by atoms with E-state index in [1.165, 1.54) is 43.0 Å². The monoisotopic (exact) mass is 752 g/mol. The molecule has 5 aromatic rings. The van der Waals surface area contributed by atoms with Crippen molar-refractivity contribution in [3.05, 3.63) is 137 Å². The predicted octanol–water partition coefficient (Wildman–Crippen LogP) is 5.91. The number of rotatable bonds is 11. The van der Waals surface area contributed by atoms with Crippen LogP contribution < -0.4 is 20.5 Å². The van der Waals surface area contributed by atoms with E-state index in [2.05, 4.69) is 46.6 Å². The number of hydrogen-bond acceptors (Lipinski definition) is 10. The summed E-state index contributed by atoms with van der Waals surface area (Å²) >= 11 is 0. The van der Waals surface area contributed by atoms with E-state index in [9.17, 15) is 41.0 Å². The van der Waals surface area contributed by atoms with Crippen molar-refractivity contribution in [2.75, 3.05) is 12.3 Å². The topological polar surface area (TPSA) is 183 Å². The van der Waals surface area contributed by atoms with Gasteiger partial charge in [0.2, 0.25) is 5.95 Å². The van der Waals surface area contributed by atoms with Gasteiger partial charge in [-0.2, -0.15) is 17.6 Å². The summed E-state index contributed by atoms with van der Waals surface area (Å²) in [5.41, 5.74) is 5.82. The lowest BCUT2D eigenvalue weighted by atomic mass is 10.0. The Morgan fingerprint density at radius 3 is 2.13 bits per heavy atom. The summed E-state index contributed by atoms with van der Waals surface area (Å²) in [4.78, 5) is 38.4. The molecule has 1 amide bonds. The molecule has 0 bridgehead atoms. The Morgan fingerprint density at radius 2 is 1.50 bits per heavy atom. The van der Waals surface area contributed by atoms with Gasteiger partial charge in [0.05, 0.1) is 29.3 Å². The quantitative estimate of drug-likeness (QED) is 0.0931. The molecule has 1 atom stereocenters. The van der Waals surface area contributed by atoms with Crippen LogP contribution in [0.25, 0.3) is 11.9 Å². The van der Waals surface area contributed by atoms with Gasteiger partial charge in [-0.25, -0.2) is 33.5 Å². The van der Waals surface area contributed by atoms with Crippen LogP contribution in [0.4, 0.5) is 32.3 Å². The molecule has 0 radical (unpaired) electrons. The van der Waals surface area contributed by atoms with E-state index >= 15 is 0 Å². The Balaban J connectivity index is 0.000000266. The van der Waals surface area contributed by atoms with Crippen LogP contribution in [0.1, 0.15) is 54.6 Å². The van der Waals surface area contributed by atoms with E-state index in [-0.39, 0.29) is 45.3 Å². The van der Waals surface area contributed by atoms with Gasteiger partial charge < -0.3 is 30.7 Å². The second kappa shape index (κ2) is 19.0. The van der Waals surface area contributed by atoms with Gasteiger partial charge in [0.25, 0.3) is 5.91 Å².